The number of carboxylic acid groups (broad SMARTS) is 1. The summed E-state index contributed by atoms with van der Waals surface area (Å²) in [7, 11) is -1.44. The summed E-state index contributed by atoms with van der Waals surface area (Å²) in [6.45, 7) is 6.61. The molecule has 0 aromatic heterocycles. The fraction of sp³-hybridized carbons (Fsp3) is 0.115. The number of carboxylic acids is 1. The lowest BCUT2D eigenvalue weighted by atomic mass is 9.91. The second-order valence-corrected chi connectivity index (χ2v) is 12.6. The summed E-state index contributed by atoms with van der Waals surface area (Å²) in [4.78, 5) is 12.1. The summed E-state index contributed by atoms with van der Waals surface area (Å²) >= 11 is 0. The van der Waals surface area contributed by atoms with Crippen LogP contribution in [0.5, 0.6) is 0 Å². The van der Waals surface area contributed by atoms with Crippen LogP contribution in [0.4, 0.5) is 0 Å². The van der Waals surface area contributed by atoms with Gasteiger partial charge in [-0.1, -0.05) is 73.9 Å². The summed E-state index contributed by atoms with van der Waals surface area (Å²) in [5, 5.41) is 9.95. The van der Waals surface area contributed by atoms with Crippen LogP contribution in [0.3, 0.4) is 0 Å². The third kappa shape index (κ3) is 4.85. The van der Waals surface area contributed by atoms with Gasteiger partial charge in [0.25, 0.3) is 0 Å². The van der Waals surface area contributed by atoms with E-state index in [0.29, 0.717) is 11.1 Å². The molecule has 0 unspecified atom stereocenters. The van der Waals surface area contributed by atoms with E-state index in [0.717, 1.165) is 22.3 Å². The van der Waals surface area contributed by atoms with Crippen molar-refractivity contribution in [2.45, 2.75) is 19.6 Å². The highest BCUT2D eigenvalue weighted by Crippen LogP contribution is 2.32. The van der Waals surface area contributed by atoms with Crippen molar-refractivity contribution in [2.24, 2.45) is 0 Å². The van der Waals surface area contributed by atoms with Crippen molar-refractivity contribution >= 4 is 14.0 Å². The minimum atomic E-state index is -1.44. The molecule has 3 heteroatoms. The van der Waals surface area contributed by atoms with Crippen molar-refractivity contribution in [3.05, 3.63) is 83.4 Å². The van der Waals surface area contributed by atoms with Gasteiger partial charge in [0.15, 0.2) is 0 Å². The molecule has 0 bridgehead atoms. The Kier molecular flexibility index (Phi) is 5.73. The first-order valence-corrected chi connectivity index (χ1v) is 12.9. The van der Waals surface area contributed by atoms with Gasteiger partial charge in [-0.2, -0.15) is 0 Å². The highest BCUT2D eigenvalue weighted by atomic mass is 28.3. The Morgan fingerprint density at radius 2 is 1.31 bits per heavy atom. The van der Waals surface area contributed by atoms with Crippen LogP contribution in [0.1, 0.15) is 21.5 Å². The molecule has 142 valence electrons. The van der Waals surface area contributed by atoms with Crippen molar-refractivity contribution < 1.29 is 9.90 Å². The van der Waals surface area contributed by atoms with E-state index in [1.54, 1.807) is 0 Å². The monoisotopic (exact) mass is 394 g/mol. The zero-order valence-electron chi connectivity index (χ0n) is 16.8. The molecule has 0 amide bonds. The molecule has 0 aliphatic rings. The van der Waals surface area contributed by atoms with Crippen LogP contribution in [0.2, 0.25) is 19.6 Å². The quantitative estimate of drug-likeness (QED) is 0.442. The van der Waals surface area contributed by atoms with Gasteiger partial charge in [-0.05, 0) is 46.5 Å². The van der Waals surface area contributed by atoms with Gasteiger partial charge in [0.05, 0.1) is 5.56 Å². The molecule has 29 heavy (non-hydrogen) atoms. The molecule has 2 nitrogen and oxygen atoms in total. The van der Waals surface area contributed by atoms with Gasteiger partial charge in [0, 0.05) is 11.1 Å². The predicted octanol–water partition coefficient (Wildman–Crippen LogP) is 5.93. The molecule has 0 spiro atoms. The summed E-state index contributed by atoms with van der Waals surface area (Å²) < 4.78 is 0. The van der Waals surface area contributed by atoms with Crippen LogP contribution in [0.25, 0.3) is 22.3 Å². The van der Waals surface area contributed by atoms with E-state index in [-0.39, 0.29) is 5.56 Å². The molecule has 3 rings (SSSR count). The topological polar surface area (TPSA) is 37.3 Å². The molecular weight excluding hydrogens is 372 g/mol. The van der Waals surface area contributed by atoms with Gasteiger partial charge in [0.2, 0.25) is 0 Å². The minimum Gasteiger partial charge on any atom is -0.478 e. The van der Waals surface area contributed by atoms with Gasteiger partial charge < -0.3 is 5.11 Å². The fourth-order valence-electron chi connectivity index (χ4n) is 3.00. The standard InChI is InChI=1S/C26H22O2Si/c1-5-19-9-13-21(14-10-19)23-7-6-8-24(25(23)26(27)28)22-15-11-20(12-16-22)17-18-29(2,3)4/h1,6-16H,2-4H3,(H,27,28). The van der Waals surface area contributed by atoms with Crippen LogP contribution in [0, 0.1) is 23.8 Å². The van der Waals surface area contributed by atoms with E-state index in [9.17, 15) is 9.90 Å². The van der Waals surface area contributed by atoms with E-state index >= 15 is 0 Å². The molecule has 1 N–H and O–H groups in total. The van der Waals surface area contributed by atoms with Gasteiger partial charge in [-0.3, -0.25) is 0 Å². The second-order valence-electron chi connectivity index (χ2n) is 7.83. The predicted molar refractivity (Wildman–Crippen MR) is 122 cm³/mol. The number of carbonyl (C=O) groups is 1. The van der Waals surface area contributed by atoms with Gasteiger partial charge in [-0.15, -0.1) is 12.0 Å². The highest BCUT2D eigenvalue weighted by Gasteiger charge is 2.18. The summed E-state index contributed by atoms with van der Waals surface area (Å²) in [5.74, 6) is 4.85. The first-order chi connectivity index (χ1) is 13.8. The first kappa shape index (κ1) is 20.2. The number of aromatic carboxylic acids is 1. The Bertz CT molecular complexity index is 1150. The van der Waals surface area contributed by atoms with Crippen LogP contribution in [0.15, 0.2) is 66.7 Å². The Morgan fingerprint density at radius 1 is 0.828 bits per heavy atom. The molecule has 3 aromatic carbocycles. The third-order valence-corrected chi connectivity index (χ3v) is 5.29. The van der Waals surface area contributed by atoms with Crippen LogP contribution in [-0.4, -0.2) is 19.1 Å². The van der Waals surface area contributed by atoms with Crippen molar-refractivity contribution in [3.8, 4) is 46.1 Å². The highest BCUT2D eigenvalue weighted by molar-refractivity contribution is 6.83. The summed E-state index contributed by atoms with van der Waals surface area (Å²) in [6, 6.07) is 20.7. The van der Waals surface area contributed by atoms with Gasteiger partial charge >= 0.3 is 5.97 Å². The maximum atomic E-state index is 12.1. The maximum Gasteiger partial charge on any atom is 0.336 e. The molecule has 0 saturated heterocycles. The smallest absolute Gasteiger partial charge is 0.336 e. The number of rotatable bonds is 3. The lowest BCUT2D eigenvalue weighted by Crippen LogP contribution is -2.16. The van der Waals surface area contributed by atoms with Gasteiger partial charge in [0.1, 0.15) is 8.07 Å². The summed E-state index contributed by atoms with van der Waals surface area (Å²) in [5.41, 5.74) is 8.35. The van der Waals surface area contributed by atoms with Crippen molar-refractivity contribution in [2.75, 3.05) is 0 Å². The second kappa shape index (κ2) is 8.23. The average Bonchev–Trinajstić information content (AvgIpc) is 2.71. The minimum absolute atomic E-state index is 0.280. The number of hydrogen-bond acceptors (Lipinski definition) is 1. The van der Waals surface area contributed by atoms with Crippen molar-refractivity contribution in [1.29, 1.82) is 0 Å². The molecule has 0 radical (unpaired) electrons. The molecule has 0 aliphatic carbocycles. The molecule has 0 heterocycles. The van der Waals surface area contributed by atoms with E-state index in [1.807, 2.05) is 66.7 Å². The van der Waals surface area contributed by atoms with Crippen molar-refractivity contribution in [3.63, 3.8) is 0 Å². The first-order valence-electron chi connectivity index (χ1n) is 9.35. The Balaban J connectivity index is 2.07. The lowest BCUT2D eigenvalue weighted by molar-refractivity contribution is 0.0698. The largest absolute Gasteiger partial charge is 0.478 e. The van der Waals surface area contributed by atoms with Crippen LogP contribution in [-0.2, 0) is 0 Å². The third-order valence-electron chi connectivity index (χ3n) is 4.42. The Morgan fingerprint density at radius 3 is 1.72 bits per heavy atom. The Labute approximate surface area is 173 Å². The molecule has 0 saturated carbocycles. The zero-order chi connectivity index (χ0) is 21.0. The van der Waals surface area contributed by atoms with Crippen LogP contribution < -0.4 is 0 Å². The zero-order valence-corrected chi connectivity index (χ0v) is 17.8. The molecule has 0 fully saturated rings. The van der Waals surface area contributed by atoms with E-state index < -0.39 is 14.0 Å². The number of terminal acetylenes is 1. The average molecular weight is 395 g/mol. The molecular formula is C26H22O2Si. The van der Waals surface area contributed by atoms with Crippen molar-refractivity contribution in [1.82, 2.24) is 0 Å². The molecule has 3 aromatic rings. The molecule has 0 atom stereocenters. The Hall–Kier alpha value is -3.53. The fourth-order valence-corrected chi connectivity index (χ4v) is 3.52. The maximum absolute atomic E-state index is 12.1. The number of hydrogen-bond donors (Lipinski definition) is 1. The SMILES string of the molecule is C#Cc1ccc(-c2cccc(-c3ccc(C#C[Si](C)(C)C)cc3)c2C(=O)O)cc1. The van der Waals surface area contributed by atoms with E-state index in [2.05, 4.69) is 37.0 Å². The van der Waals surface area contributed by atoms with E-state index in [4.69, 9.17) is 6.42 Å². The van der Waals surface area contributed by atoms with Gasteiger partial charge in [-0.25, -0.2) is 4.79 Å². The van der Waals surface area contributed by atoms with Crippen LogP contribution >= 0.6 is 0 Å². The molecule has 0 aliphatic heterocycles. The normalized spacial score (nSPS) is 10.6. The van der Waals surface area contributed by atoms with E-state index in [1.165, 1.54) is 0 Å². The summed E-state index contributed by atoms with van der Waals surface area (Å²) in [6.07, 6.45) is 5.42. The number of benzene rings is 3. The lowest BCUT2D eigenvalue weighted by Gasteiger charge is -2.12.